The Bertz CT molecular complexity index is 1240. The maximum atomic E-state index is 12.7. The first-order valence-corrected chi connectivity index (χ1v) is 11.0. The molecule has 166 valence electrons. The lowest BCUT2D eigenvalue weighted by Crippen LogP contribution is -2.27. The highest BCUT2D eigenvalue weighted by atomic mass is 35.5. The van der Waals surface area contributed by atoms with E-state index in [0.29, 0.717) is 15.7 Å². The number of carbonyl (C=O) groups excluding carboxylic acids is 2. The molecule has 0 aliphatic carbocycles. The minimum Gasteiger partial charge on any atom is -0.489 e. The van der Waals surface area contributed by atoms with E-state index in [0.717, 1.165) is 28.5 Å². The number of benzene rings is 3. The van der Waals surface area contributed by atoms with Gasteiger partial charge in [-0.05, 0) is 70.9 Å². The zero-order valence-corrected chi connectivity index (χ0v) is 18.7. The van der Waals surface area contributed by atoms with Gasteiger partial charge in [0.2, 0.25) is 0 Å². The zero-order valence-electron chi connectivity index (χ0n) is 17.1. The first-order valence-electron chi connectivity index (χ1n) is 9.85. The molecule has 0 N–H and O–H groups in total. The second-order valence-corrected chi connectivity index (χ2v) is 8.61. The molecule has 9 heteroatoms. The van der Waals surface area contributed by atoms with Gasteiger partial charge in [0.1, 0.15) is 12.4 Å². The van der Waals surface area contributed by atoms with Crippen LogP contribution in [0.1, 0.15) is 16.7 Å². The van der Waals surface area contributed by atoms with Crippen molar-refractivity contribution < 1.29 is 19.2 Å². The first kappa shape index (κ1) is 22.6. The van der Waals surface area contributed by atoms with Crippen LogP contribution in [0.25, 0.3) is 6.08 Å². The molecule has 1 fully saturated rings. The van der Waals surface area contributed by atoms with Crippen LogP contribution in [0, 0.1) is 10.1 Å². The third kappa shape index (κ3) is 5.60. The molecule has 1 aliphatic heterocycles. The number of ether oxygens (including phenoxy) is 1. The molecule has 0 aromatic heterocycles. The molecule has 7 nitrogen and oxygen atoms in total. The van der Waals surface area contributed by atoms with E-state index in [1.54, 1.807) is 60.7 Å². The standard InChI is InChI=1S/C24H17ClN2O5S/c25-19-3-1-2-18(12-19)14-26-23(28)22(33-24(26)29)13-16-6-10-21(11-7-16)32-15-17-4-8-20(9-5-17)27(30)31/h1-13H,14-15H2/b22-13-. The van der Waals surface area contributed by atoms with Gasteiger partial charge in [-0.15, -0.1) is 0 Å². The van der Waals surface area contributed by atoms with Crippen LogP contribution >= 0.6 is 23.4 Å². The maximum Gasteiger partial charge on any atom is 0.293 e. The van der Waals surface area contributed by atoms with Crippen molar-refractivity contribution in [2.75, 3.05) is 0 Å². The van der Waals surface area contributed by atoms with Crippen LogP contribution in [0.4, 0.5) is 10.5 Å². The SMILES string of the molecule is O=C1S/C(=C\c2ccc(OCc3ccc([N+](=O)[O-])cc3)cc2)C(=O)N1Cc1cccc(Cl)c1. The average Bonchev–Trinajstić information content (AvgIpc) is 3.06. The minimum absolute atomic E-state index is 0.0279. The Morgan fingerprint density at radius 1 is 1.00 bits per heavy atom. The van der Waals surface area contributed by atoms with E-state index in [1.807, 2.05) is 6.07 Å². The fraction of sp³-hybridized carbons (Fsp3) is 0.0833. The Balaban J connectivity index is 1.38. The van der Waals surface area contributed by atoms with Crippen molar-refractivity contribution in [3.63, 3.8) is 0 Å². The Morgan fingerprint density at radius 3 is 2.39 bits per heavy atom. The number of nitro groups is 1. The van der Waals surface area contributed by atoms with Gasteiger partial charge in [-0.2, -0.15) is 0 Å². The molecule has 0 atom stereocenters. The summed E-state index contributed by atoms with van der Waals surface area (Å²) in [6.07, 6.45) is 1.67. The predicted octanol–water partition coefficient (Wildman–Crippen LogP) is 6.06. The Morgan fingerprint density at radius 2 is 1.73 bits per heavy atom. The van der Waals surface area contributed by atoms with E-state index in [1.165, 1.54) is 17.0 Å². The van der Waals surface area contributed by atoms with Crippen LogP contribution in [-0.4, -0.2) is 21.0 Å². The summed E-state index contributed by atoms with van der Waals surface area (Å²) in [5, 5.41) is 10.9. The molecule has 0 radical (unpaired) electrons. The topological polar surface area (TPSA) is 89.7 Å². The van der Waals surface area contributed by atoms with Crippen LogP contribution in [0.2, 0.25) is 5.02 Å². The van der Waals surface area contributed by atoms with Gasteiger partial charge in [-0.25, -0.2) is 0 Å². The van der Waals surface area contributed by atoms with Crippen molar-refractivity contribution in [3.8, 4) is 5.75 Å². The van der Waals surface area contributed by atoms with Gasteiger partial charge in [0, 0.05) is 17.2 Å². The van der Waals surface area contributed by atoms with Crippen molar-refractivity contribution in [2.24, 2.45) is 0 Å². The summed E-state index contributed by atoms with van der Waals surface area (Å²) < 4.78 is 5.71. The lowest BCUT2D eigenvalue weighted by molar-refractivity contribution is -0.384. The van der Waals surface area contributed by atoms with Gasteiger partial charge >= 0.3 is 0 Å². The van der Waals surface area contributed by atoms with Gasteiger partial charge in [0.05, 0.1) is 16.4 Å². The van der Waals surface area contributed by atoms with Crippen LogP contribution < -0.4 is 4.74 Å². The highest BCUT2D eigenvalue weighted by Crippen LogP contribution is 2.33. The molecular weight excluding hydrogens is 464 g/mol. The molecule has 1 saturated heterocycles. The molecule has 1 aliphatic rings. The molecule has 1 heterocycles. The van der Waals surface area contributed by atoms with Crippen LogP contribution in [0.3, 0.4) is 0 Å². The smallest absolute Gasteiger partial charge is 0.293 e. The summed E-state index contributed by atoms with van der Waals surface area (Å²) in [4.78, 5) is 36.9. The number of hydrogen-bond donors (Lipinski definition) is 0. The van der Waals surface area contributed by atoms with Crippen LogP contribution in [0.5, 0.6) is 5.75 Å². The molecule has 0 saturated carbocycles. The number of halogens is 1. The number of amides is 2. The second kappa shape index (κ2) is 9.89. The van der Waals surface area contributed by atoms with Crippen LogP contribution in [-0.2, 0) is 17.9 Å². The number of rotatable bonds is 7. The summed E-state index contributed by atoms with van der Waals surface area (Å²) in [6.45, 7) is 0.428. The Kier molecular flexibility index (Phi) is 6.76. The number of hydrogen-bond acceptors (Lipinski definition) is 6. The molecule has 33 heavy (non-hydrogen) atoms. The van der Waals surface area contributed by atoms with Crippen LogP contribution in [0.15, 0.2) is 77.7 Å². The summed E-state index contributed by atoms with van der Waals surface area (Å²) in [5.74, 6) is 0.267. The van der Waals surface area contributed by atoms with E-state index in [9.17, 15) is 19.7 Å². The van der Waals surface area contributed by atoms with Crippen molar-refractivity contribution in [3.05, 3.63) is 110 Å². The fourth-order valence-corrected chi connectivity index (χ4v) is 4.20. The van der Waals surface area contributed by atoms with Gasteiger partial charge in [-0.3, -0.25) is 24.6 Å². The molecule has 3 aromatic rings. The molecular formula is C24H17ClN2O5S. The highest BCUT2D eigenvalue weighted by molar-refractivity contribution is 8.18. The first-order chi connectivity index (χ1) is 15.9. The molecule has 0 spiro atoms. The van der Waals surface area contributed by atoms with Gasteiger partial charge in [-0.1, -0.05) is 35.9 Å². The van der Waals surface area contributed by atoms with E-state index in [-0.39, 0.29) is 30.0 Å². The largest absolute Gasteiger partial charge is 0.489 e. The monoisotopic (exact) mass is 480 g/mol. The number of imide groups is 1. The number of thioether (sulfide) groups is 1. The number of carbonyl (C=O) groups is 2. The van der Waals surface area contributed by atoms with E-state index in [2.05, 4.69) is 0 Å². The maximum absolute atomic E-state index is 12.7. The normalized spacial score (nSPS) is 14.7. The third-order valence-corrected chi connectivity index (χ3v) is 5.98. The Hall–Kier alpha value is -3.62. The highest BCUT2D eigenvalue weighted by Gasteiger charge is 2.34. The van der Waals surface area contributed by atoms with Gasteiger partial charge in [0.15, 0.2) is 0 Å². The lowest BCUT2D eigenvalue weighted by Gasteiger charge is -2.12. The molecule has 2 amide bonds. The van der Waals surface area contributed by atoms with Crippen molar-refractivity contribution in [2.45, 2.75) is 13.2 Å². The van der Waals surface area contributed by atoms with E-state index in [4.69, 9.17) is 16.3 Å². The Labute approximate surface area is 198 Å². The third-order valence-electron chi connectivity index (χ3n) is 4.83. The molecule has 0 unspecified atom stereocenters. The second-order valence-electron chi connectivity index (χ2n) is 7.18. The fourth-order valence-electron chi connectivity index (χ4n) is 3.15. The average molecular weight is 481 g/mol. The summed E-state index contributed by atoms with van der Waals surface area (Å²) in [6, 6.07) is 20.3. The zero-order chi connectivity index (χ0) is 23.4. The summed E-state index contributed by atoms with van der Waals surface area (Å²) >= 11 is 6.89. The molecule has 0 bridgehead atoms. The lowest BCUT2D eigenvalue weighted by atomic mass is 10.2. The minimum atomic E-state index is -0.449. The van der Waals surface area contributed by atoms with Crippen molar-refractivity contribution in [1.82, 2.24) is 4.90 Å². The van der Waals surface area contributed by atoms with Crippen molar-refractivity contribution >= 4 is 46.3 Å². The van der Waals surface area contributed by atoms with E-state index < -0.39 is 4.92 Å². The summed E-state index contributed by atoms with van der Waals surface area (Å²) in [7, 11) is 0. The number of nitro benzene ring substituents is 1. The predicted molar refractivity (Wildman–Crippen MR) is 127 cm³/mol. The van der Waals surface area contributed by atoms with Gasteiger partial charge < -0.3 is 4.74 Å². The number of non-ortho nitro benzene ring substituents is 1. The molecule has 3 aromatic carbocycles. The number of nitrogens with zero attached hydrogens (tertiary/aromatic N) is 2. The van der Waals surface area contributed by atoms with Crippen molar-refractivity contribution in [1.29, 1.82) is 0 Å². The van der Waals surface area contributed by atoms with E-state index >= 15 is 0 Å². The quantitative estimate of drug-likeness (QED) is 0.232. The molecule has 4 rings (SSSR count). The van der Waals surface area contributed by atoms with Gasteiger partial charge in [0.25, 0.3) is 16.8 Å². The summed E-state index contributed by atoms with van der Waals surface area (Å²) in [5.41, 5.74) is 2.37.